The van der Waals surface area contributed by atoms with E-state index in [9.17, 15) is 9.90 Å². The van der Waals surface area contributed by atoms with Crippen LogP contribution in [-0.2, 0) is 4.79 Å². The molecule has 0 fully saturated rings. The summed E-state index contributed by atoms with van der Waals surface area (Å²) in [6.07, 6.45) is -1.09. The van der Waals surface area contributed by atoms with Crippen LogP contribution in [0.4, 0.5) is 0 Å². The number of likely N-dealkylation sites (N-methyl/N-ethyl adjacent to an activating group) is 1. The van der Waals surface area contributed by atoms with E-state index in [-0.39, 0.29) is 29.5 Å². The van der Waals surface area contributed by atoms with Gasteiger partial charge in [0.15, 0.2) is 0 Å². The van der Waals surface area contributed by atoms with Gasteiger partial charge in [0.2, 0.25) is 0 Å². The van der Waals surface area contributed by atoms with Crippen LogP contribution in [0.15, 0.2) is 0 Å². The highest BCUT2D eigenvalue weighted by Gasteiger charge is 2.14. The number of rotatable bonds is 4. The lowest BCUT2D eigenvalue weighted by Gasteiger charge is -2.26. The monoisotopic (exact) mass is 185 g/mol. The molecule has 0 saturated carbocycles. The first-order chi connectivity index (χ1) is 4.81. The SMILES string of the molecule is C[N+](C)(C)CC(O)CC(=O)[O-].[Mg]. The molecule has 68 valence electrons. The molecule has 0 rings (SSSR count). The molecule has 1 unspecified atom stereocenters. The van der Waals surface area contributed by atoms with E-state index >= 15 is 0 Å². The van der Waals surface area contributed by atoms with Crippen molar-refractivity contribution in [2.75, 3.05) is 27.7 Å². The maximum Gasteiger partial charge on any atom is 0.108 e. The zero-order chi connectivity index (χ0) is 9.07. The highest BCUT2D eigenvalue weighted by molar-refractivity contribution is 5.75. The maximum atomic E-state index is 10.0. The Hall–Kier alpha value is 0.156. The molecule has 1 N–H and O–H groups in total. The number of aliphatic hydroxyl groups is 1. The second-order valence-corrected chi connectivity index (χ2v) is 3.70. The summed E-state index contributed by atoms with van der Waals surface area (Å²) in [6.45, 7) is 0.425. The van der Waals surface area contributed by atoms with Crippen molar-refractivity contribution in [3.8, 4) is 0 Å². The molecule has 4 nitrogen and oxygen atoms in total. The van der Waals surface area contributed by atoms with Gasteiger partial charge in [-0.05, 0) is 0 Å². The fourth-order valence-corrected chi connectivity index (χ4v) is 0.889. The quantitative estimate of drug-likeness (QED) is 0.400. The molecule has 5 heteroatoms. The molecule has 0 aliphatic heterocycles. The van der Waals surface area contributed by atoms with E-state index in [1.807, 2.05) is 21.1 Å². The zero-order valence-corrected chi connectivity index (χ0v) is 9.32. The summed E-state index contributed by atoms with van der Waals surface area (Å²) in [5.41, 5.74) is 0. The Morgan fingerprint density at radius 2 is 1.92 bits per heavy atom. The summed E-state index contributed by atoms with van der Waals surface area (Å²) in [6, 6.07) is 0. The van der Waals surface area contributed by atoms with Crippen molar-refractivity contribution in [3.05, 3.63) is 0 Å². The van der Waals surface area contributed by atoms with Crippen molar-refractivity contribution >= 4 is 29.0 Å². The Bertz CT molecular complexity index is 144. The Kier molecular flexibility index (Phi) is 7.02. The molecule has 0 amide bonds. The lowest BCUT2D eigenvalue weighted by Crippen LogP contribution is -2.43. The molecular weight excluding hydrogens is 170 g/mol. The van der Waals surface area contributed by atoms with E-state index in [1.165, 1.54) is 0 Å². The predicted molar refractivity (Wildman–Crippen MR) is 44.3 cm³/mol. The first-order valence-electron chi connectivity index (χ1n) is 3.49. The van der Waals surface area contributed by atoms with Gasteiger partial charge in [-0.15, -0.1) is 0 Å². The van der Waals surface area contributed by atoms with Crippen molar-refractivity contribution in [3.63, 3.8) is 0 Å². The number of hydrogen-bond acceptors (Lipinski definition) is 3. The van der Waals surface area contributed by atoms with Crippen LogP contribution in [-0.4, -0.2) is 72.4 Å². The van der Waals surface area contributed by atoms with Crippen LogP contribution < -0.4 is 5.11 Å². The summed E-state index contributed by atoms with van der Waals surface area (Å²) < 4.78 is 0.550. The molecule has 2 radical (unpaired) electrons. The number of hydrogen-bond donors (Lipinski definition) is 1. The van der Waals surface area contributed by atoms with Gasteiger partial charge in [-0.25, -0.2) is 0 Å². The molecule has 0 heterocycles. The van der Waals surface area contributed by atoms with Gasteiger partial charge in [0.25, 0.3) is 0 Å². The number of aliphatic carboxylic acids is 1. The molecule has 0 aromatic heterocycles. The smallest absolute Gasteiger partial charge is 0.108 e. The molecule has 12 heavy (non-hydrogen) atoms. The Morgan fingerprint density at radius 1 is 1.50 bits per heavy atom. The first kappa shape index (κ1) is 14.7. The second kappa shape index (κ2) is 5.74. The topological polar surface area (TPSA) is 60.4 Å². The van der Waals surface area contributed by atoms with E-state index in [0.717, 1.165) is 0 Å². The van der Waals surface area contributed by atoms with Crippen LogP contribution in [0.1, 0.15) is 6.42 Å². The van der Waals surface area contributed by atoms with Gasteiger partial charge in [0.05, 0.1) is 21.1 Å². The number of nitrogens with zero attached hydrogens (tertiary/aromatic N) is 1. The van der Waals surface area contributed by atoms with Crippen LogP contribution in [0, 0.1) is 0 Å². The summed E-state index contributed by atoms with van der Waals surface area (Å²) >= 11 is 0. The molecule has 0 aliphatic carbocycles. The van der Waals surface area contributed by atoms with Crippen molar-refractivity contribution in [2.45, 2.75) is 12.5 Å². The summed E-state index contributed by atoms with van der Waals surface area (Å²) in [5, 5.41) is 19.1. The average Bonchev–Trinajstić information content (AvgIpc) is 1.53. The van der Waals surface area contributed by atoms with Crippen molar-refractivity contribution in [2.24, 2.45) is 0 Å². The molecule has 0 aliphatic rings. The average molecular weight is 186 g/mol. The molecular formula is C7H15MgNO3. The van der Waals surface area contributed by atoms with Crippen LogP contribution >= 0.6 is 0 Å². The third-order valence-electron chi connectivity index (χ3n) is 1.16. The largest absolute Gasteiger partial charge is 0.550 e. The molecule has 0 bridgehead atoms. The van der Waals surface area contributed by atoms with Crippen LogP contribution in [0.2, 0.25) is 0 Å². The zero-order valence-electron chi connectivity index (χ0n) is 7.91. The summed E-state index contributed by atoms with van der Waals surface area (Å²) in [5.74, 6) is -1.20. The van der Waals surface area contributed by atoms with Gasteiger partial charge in [-0.2, -0.15) is 0 Å². The van der Waals surface area contributed by atoms with Gasteiger partial charge in [0, 0.05) is 35.4 Å². The van der Waals surface area contributed by atoms with Gasteiger partial charge < -0.3 is 19.5 Å². The van der Waals surface area contributed by atoms with Crippen LogP contribution in [0.25, 0.3) is 0 Å². The highest BCUT2D eigenvalue weighted by Crippen LogP contribution is 1.97. The second-order valence-electron chi connectivity index (χ2n) is 3.70. The minimum Gasteiger partial charge on any atom is -0.550 e. The maximum absolute atomic E-state index is 10.0. The Morgan fingerprint density at radius 3 is 2.17 bits per heavy atom. The lowest BCUT2D eigenvalue weighted by atomic mass is 10.2. The standard InChI is InChI=1S/C7H15NO3.Mg/c1-8(2,3)5-6(9)4-7(10)11;/h6,9H,4-5H2,1-3H3;. The Balaban J connectivity index is 0. The Labute approximate surface area is 88.9 Å². The third-order valence-corrected chi connectivity index (χ3v) is 1.16. The fourth-order valence-electron chi connectivity index (χ4n) is 0.889. The molecule has 0 aromatic rings. The van der Waals surface area contributed by atoms with E-state index in [1.54, 1.807) is 0 Å². The molecule has 0 saturated heterocycles. The minimum atomic E-state index is -1.20. The number of carbonyl (C=O) groups is 1. The van der Waals surface area contributed by atoms with Crippen LogP contribution in [0.3, 0.4) is 0 Å². The highest BCUT2D eigenvalue weighted by atomic mass is 24.3. The summed E-state index contributed by atoms with van der Waals surface area (Å²) in [7, 11) is 5.66. The van der Waals surface area contributed by atoms with E-state index in [0.29, 0.717) is 11.0 Å². The normalized spacial score (nSPS) is 13.3. The van der Waals surface area contributed by atoms with Gasteiger partial charge >= 0.3 is 0 Å². The van der Waals surface area contributed by atoms with Crippen molar-refractivity contribution in [1.29, 1.82) is 0 Å². The van der Waals surface area contributed by atoms with Gasteiger partial charge in [-0.1, -0.05) is 0 Å². The number of carbonyl (C=O) groups excluding carboxylic acids is 1. The summed E-state index contributed by atoms with van der Waals surface area (Å²) in [4.78, 5) is 10.0. The van der Waals surface area contributed by atoms with Crippen LogP contribution in [0.5, 0.6) is 0 Å². The van der Waals surface area contributed by atoms with E-state index in [2.05, 4.69) is 0 Å². The molecule has 1 atom stereocenters. The van der Waals surface area contributed by atoms with Crippen molar-refractivity contribution in [1.82, 2.24) is 0 Å². The molecule has 0 aromatic carbocycles. The molecule has 0 spiro atoms. The predicted octanol–water partition coefficient (Wildman–Crippen LogP) is -2.19. The number of aliphatic hydroxyl groups excluding tert-OH is 1. The third kappa shape index (κ3) is 10.2. The number of quaternary nitrogens is 1. The minimum absolute atomic E-state index is 0. The van der Waals surface area contributed by atoms with E-state index < -0.39 is 12.1 Å². The fraction of sp³-hybridized carbons (Fsp3) is 0.857. The van der Waals surface area contributed by atoms with Gasteiger partial charge in [0.1, 0.15) is 12.6 Å². The first-order valence-corrected chi connectivity index (χ1v) is 3.49. The van der Waals surface area contributed by atoms with Gasteiger partial charge in [-0.3, -0.25) is 0 Å². The van der Waals surface area contributed by atoms with E-state index in [4.69, 9.17) is 5.11 Å². The van der Waals surface area contributed by atoms with Crippen molar-refractivity contribution < 1.29 is 19.5 Å². The lowest BCUT2D eigenvalue weighted by molar-refractivity contribution is -0.873. The number of carboxylic acid groups (broad SMARTS) is 1. The number of carboxylic acids is 1.